The van der Waals surface area contributed by atoms with Crippen LogP contribution in [0.3, 0.4) is 0 Å². The van der Waals surface area contributed by atoms with Crippen molar-refractivity contribution in [2.45, 2.75) is 32.0 Å². The summed E-state index contributed by atoms with van der Waals surface area (Å²) in [5.41, 5.74) is 1.35. The van der Waals surface area contributed by atoms with E-state index < -0.39 is 29.2 Å². The number of fused-ring (bicyclic) bond motifs is 1. The molecule has 2 aromatic heterocycles. The minimum atomic E-state index is -0.700. The first kappa shape index (κ1) is 25.9. The first-order valence-electron chi connectivity index (χ1n) is 13.3. The van der Waals surface area contributed by atoms with Gasteiger partial charge in [0.25, 0.3) is 5.91 Å². The highest BCUT2D eigenvalue weighted by atomic mass is 16.5. The average Bonchev–Trinajstić information content (AvgIpc) is 3.28. The topological polar surface area (TPSA) is 112 Å². The van der Waals surface area contributed by atoms with Crippen molar-refractivity contribution < 1.29 is 19.4 Å². The van der Waals surface area contributed by atoms with Gasteiger partial charge in [-0.2, -0.15) is 10.2 Å². The number of aromatic hydroxyl groups is 1. The van der Waals surface area contributed by atoms with Gasteiger partial charge in [0.2, 0.25) is 5.43 Å². The van der Waals surface area contributed by atoms with Gasteiger partial charge in [-0.1, -0.05) is 48.1 Å². The number of benzene rings is 1. The molecule has 0 saturated carbocycles. The highest BCUT2D eigenvalue weighted by molar-refractivity contribution is 5.95. The number of aromatic nitrogens is 4. The van der Waals surface area contributed by atoms with Crippen LogP contribution in [-0.4, -0.2) is 74.5 Å². The van der Waals surface area contributed by atoms with Gasteiger partial charge in [0, 0.05) is 18.8 Å². The number of carbonyl (C=O) groups excluding carboxylic acids is 1. The predicted molar refractivity (Wildman–Crippen MR) is 145 cm³/mol. The molecule has 10 heteroatoms. The second-order valence-corrected chi connectivity index (χ2v) is 10.5. The largest absolute Gasteiger partial charge is 0.502 e. The van der Waals surface area contributed by atoms with Crippen LogP contribution in [0.5, 0.6) is 5.75 Å². The Balaban J connectivity index is 1.51. The quantitative estimate of drug-likeness (QED) is 0.504. The summed E-state index contributed by atoms with van der Waals surface area (Å²) < 4.78 is 13.8. The van der Waals surface area contributed by atoms with E-state index in [-0.39, 0.29) is 23.6 Å². The molecule has 5 heterocycles. The van der Waals surface area contributed by atoms with Gasteiger partial charge in [-0.3, -0.25) is 14.3 Å². The van der Waals surface area contributed by atoms with E-state index in [4.69, 9.17) is 14.6 Å². The van der Waals surface area contributed by atoms with Gasteiger partial charge in [-0.25, -0.2) is 4.68 Å². The summed E-state index contributed by atoms with van der Waals surface area (Å²) in [6.45, 7) is 6.52. The molecule has 6 rings (SSSR count). The zero-order valence-electron chi connectivity index (χ0n) is 22.3. The zero-order valence-corrected chi connectivity index (χ0v) is 22.3. The van der Waals surface area contributed by atoms with E-state index in [1.165, 1.54) is 4.68 Å². The molecule has 3 aliphatic heterocycles. The summed E-state index contributed by atoms with van der Waals surface area (Å²) in [6, 6.07) is 8.64. The molecule has 0 bridgehead atoms. The molecule has 0 unspecified atom stereocenters. The summed E-state index contributed by atoms with van der Waals surface area (Å²) in [5, 5.41) is 20.0. The van der Waals surface area contributed by atoms with E-state index in [0.29, 0.717) is 44.2 Å². The SMILES string of the molecule is CC(C)N1C[C@H]([C@H](c2ccccc2)n2cc(C#CC3COC3)c(C#CC3COC3)n2)n2ncc(=O)c(O)c2C1=O. The van der Waals surface area contributed by atoms with Gasteiger partial charge < -0.3 is 19.5 Å². The normalized spacial score (nSPS) is 19.5. The lowest BCUT2D eigenvalue weighted by atomic mass is 9.96. The Labute approximate surface area is 231 Å². The molecule has 1 aromatic carbocycles. The fourth-order valence-electron chi connectivity index (χ4n) is 4.99. The van der Waals surface area contributed by atoms with Crippen LogP contribution in [0.4, 0.5) is 0 Å². The summed E-state index contributed by atoms with van der Waals surface area (Å²) in [5.74, 6) is 12.3. The smallest absolute Gasteiger partial charge is 0.276 e. The number of rotatable bonds is 4. The number of carbonyl (C=O) groups is 1. The lowest BCUT2D eigenvalue weighted by molar-refractivity contribution is -0.00307. The van der Waals surface area contributed by atoms with Gasteiger partial charge >= 0.3 is 0 Å². The third-order valence-electron chi connectivity index (χ3n) is 7.38. The number of hydrogen-bond donors (Lipinski definition) is 1. The first-order valence-corrected chi connectivity index (χ1v) is 13.3. The Kier molecular flexibility index (Phi) is 6.89. The molecular weight excluding hydrogens is 510 g/mol. The van der Waals surface area contributed by atoms with E-state index >= 15 is 0 Å². The maximum absolute atomic E-state index is 13.4. The Morgan fingerprint density at radius 1 is 1.00 bits per heavy atom. The van der Waals surface area contributed by atoms with Gasteiger partial charge in [0.05, 0.1) is 56.1 Å². The molecule has 0 spiro atoms. The summed E-state index contributed by atoms with van der Waals surface area (Å²) in [4.78, 5) is 27.4. The Bertz CT molecular complexity index is 1560. The van der Waals surface area contributed by atoms with Crippen molar-refractivity contribution in [3.8, 4) is 29.4 Å². The fourth-order valence-corrected chi connectivity index (χ4v) is 4.99. The van der Waals surface area contributed by atoms with Crippen LogP contribution >= 0.6 is 0 Å². The molecule has 2 atom stereocenters. The Morgan fingerprint density at radius 2 is 1.68 bits per heavy atom. The molecule has 10 nitrogen and oxygen atoms in total. The molecule has 204 valence electrons. The van der Waals surface area contributed by atoms with Crippen molar-refractivity contribution in [1.82, 2.24) is 24.5 Å². The van der Waals surface area contributed by atoms with Crippen LogP contribution in [0.25, 0.3) is 0 Å². The minimum absolute atomic E-state index is 0.125. The van der Waals surface area contributed by atoms with Crippen molar-refractivity contribution in [2.75, 3.05) is 33.0 Å². The van der Waals surface area contributed by atoms with Crippen LogP contribution in [-0.2, 0) is 9.47 Å². The highest BCUT2D eigenvalue weighted by Crippen LogP contribution is 2.36. The molecule has 2 saturated heterocycles. The van der Waals surface area contributed by atoms with Crippen LogP contribution in [0.1, 0.15) is 53.2 Å². The van der Waals surface area contributed by atoms with Gasteiger partial charge in [0.15, 0.2) is 17.1 Å². The van der Waals surface area contributed by atoms with Gasteiger partial charge in [0.1, 0.15) is 6.04 Å². The zero-order chi connectivity index (χ0) is 27.8. The van der Waals surface area contributed by atoms with E-state index in [1.807, 2.05) is 55.1 Å². The average molecular weight is 540 g/mol. The van der Waals surface area contributed by atoms with Crippen molar-refractivity contribution in [3.05, 3.63) is 75.5 Å². The predicted octanol–water partition coefficient (Wildman–Crippen LogP) is 1.84. The van der Waals surface area contributed by atoms with E-state index in [0.717, 1.165) is 11.8 Å². The van der Waals surface area contributed by atoms with Crippen molar-refractivity contribution in [1.29, 1.82) is 0 Å². The Hall–Kier alpha value is -4.38. The highest BCUT2D eigenvalue weighted by Gasteiger charge is 2.41. The molecule has 1 amide bonds. The number of amides is 1. The molecular formula is C30H29N5O5. The van der Waals surface area contributed by atoms with E-state index in [2.05, 4.69) is 28.8 Å². The molecule has 3 aromatic rings. The lowest BCUT2D eigenvalue weighted by Crippen LogP contribution is -2.50. The lowest BCUT2D eigenvalue weighted by Gasteiger charge is -2.40. The summed E-state index contributed by atoms with van der Waals surface area (Å²) in [6.07, 6.45) is 2.92. The van der Waals surface area contributed by atoms with Crippen molar-refractivity contribution in [3.63, 3.8) is 0 Å². The molecule has 3 aliphatic rings. The van der Waals surface area contributed by atoms with E-state index in [1.54, 1.807) is 4.90 Å². The maximum atomic E-state index is 13.4. The van der Waals surface area contributed by atoms with Crippen LogP contribution in [0.2, 0.25) is 0 Å². The van der Waals surface area contributed by atoms with Crippen molar-refractivity contribution in [2.24, 2.45) is 11.8 Å². The van der Waals surface area contributed by atoms with E-state index in [9.17, 15) is 14.7 Å². The fraction of sp³-hybridized carbons (Fsp3) is 0.400. The third-order valence-corrected chi connectivity index (χ3v) is 7.38. The number of nitrogens with zero attached hydrogens (tertiary/aromatic N) is 5. The molecule has 1 N–H and O–H groups in total. The number of hydrogen-bond acceptors (Lipinski definition) is 7. The van der Waals surface area contributed by atoms with Crippen molar-refractivity contribution >= 4 is 5.91 Å². The van der Waals surface area contributed by atoms with Gasteiger partial charge in [-0.15, -0.1) is 0 Å². The maximum Gasteiger partial charge on any atom is 0.276 e. The molecule has 40 heavy (non-hydrogen) atoms. The molecule has 0 aliphatic carbocycles. The monoisotopic (exact) mass is 539 g/mol. The van der Waals surface area contributed by atoms with Gasteiger partial charge in [-0.05, 0) is 25.3 Å². The Morgan fingerprint density at radius 3 is 2.30 bits per heavy atom. The summed E-state index contributed by atoms with van der Waals surface area (Å²) >= 11 is 0. The van der Waals surface area contributed by atoms with Crippen LogP contribution in [0.15, 0.2) is 47.5 Å². The summed E-state index contributed by atoms with van der Waals surface area (Å²) in [7, 11) is 0. The molecule has 0 radical (unpaired) electrons. The number of ether oxygens (including phenoxy) is 2. The molecule has 2 fully saturated rings. The minimum Gasteiger partial charge on any atom is -0.502 e. The second-order valence-electron chi connectivity index (χ2n) is 10.5. The van der Waals surface area contributed by atoms with Crippen LogP contribution < -0.4 is 5.43 Å². The second kappa shape index (κ2) is 10.6. The van der Waals surface area contributed by atoms with Crippen LogP contribution in [0, 0.1) is 35.5 Å². The first-order chi connectivity index (χ1) is 19.4. The third kappa shape index (κ3) is 4.77. The standard InChI is InChI=1S/C30H29N5O5/c1-19(2)33-14-25(35-28(30(33)38)29(37)26(36)12-31-35)27(22-6-4-3-5-7-22)34-13-23(10-8-20-15-39-16-20)24(32-34)11-9-21-17-40-18-21/h3-7,12-13,19-21,25,27,37H,14-18H2,1-2H3/t25-,27+/m1/s1.